The van der Waals surface area contributed by atoms with Crippen molar-refractivity contribution in [1.82, 2.24) is 15.1 Å². The number of hydrogen-bond acceptors (Lipinski definition) is 3. The second-order valence-electron chi connectivity index (χ2n) is 6.38. The van der Waals surface area contributed by atoms with Crippen LogP contribution in [0.4, 0.5) is 5.95 Å². The fourth-order valence-electron chi connectivity index (χ4n) is 2.25. The van der Waals surface area contributed by atoms with Crippen LogP contribution in [0.2, 0.25) is 30.1 Å². The molecule has 0 aliphatic carbocycles. The van der Waals surface area contributed by atoms with Gasteiger partial charge in [0.05, 0.1) is 25.2 Å². The van der Waals surface area contributed by atoms with Crippen LogP contribution in [-0.2, 0) is 0 Å². The maximum absolute atomic E-state index is 6.33. The quantitative estimate of drug-likeness (QED) is 0.196. The van der Waals surface area contributed by atoms with Gasteiger partial charge in [-0.05, 0) is 29.1 Å². The van der Waals surface area contributed by atoms with E-state index in [-0.39, 0.29) is 0 Å². The minimum absolute atomic E-state index is 0.295. The van der Waals surface area contributed by atoms with E-state index < -0.39 is 9.14 Å². The summed E-state index contributed by atoms with van der Waals surface area (Å²) in [7, 11) is 28.6. The van der Waals surface area contributed by atoms with Crippen molar-refractivity contribution in [3.63, 3.8) is 0 Å². The van der Waals surface area contributed by atoms with Gasteiger partial charge < -0.3 is 0 Å². The second-order valence-corrected chi connectivity index (χ2v) is 65.8. The Bertz CT molecular complexity index is 1150. The van der Waals surface area contributed by atoms with E-state index in [9.17, 15) is 0 Å². The molecule has 0 aliphatic heterocycles. The number of rotatable bonds is 3. The monoisotopic (exact) mass is 801 g/mol. The molecule has 33 heavy (non-hydrogen) atoms. The zero-order chi connectivity index (χ0) is 25.6. The first-order valence-electron chi connectivity index (χ1n) is 8.07. The molecule has 2 aromatic carbocycles. The third kappa shape index (κ3) is 10.1. The van der Waals surface area contributed by atoms with E-state index in [1.165, 1.54) is 9.48 Å². The Kier molecular flexibility index (Phi) is 9.72. The summed E-state index contributed by atoms with van der Waals surface area (Å²) in [5.41, 5.74) is 0.801. The van der Waals surface area contributed by atoms with Crippen LogP contribution in [0.15, 0.2) is 24.3 Å². The summed E-state index contributed by atoms with van der Waals surface area (Å²) >= 11 is 37.2. The van der Waals surface area contributed by atoms with Crippen LogP contribution in [0.5, 0.6) is 0 Å². The number of halogens is 12. The number of benzene rings is 2. The van der Waals surface area contributed by atoms with Crippen molar-refractivity contribution in [2.45, 2.75) is 0 Å². The van der Waals surface area contributed by atoms with Crippen LogP contribution in [0, 0.1) is 0 Å². The molecular formula is C15H10Cl12N5Sb. The van der Waals surface area contributed by atoms with Crippen LogP contribution in [0.1, 0.15) is 0 Å². The van der Waals surface area contributed by atoms with E-state index in [2.05, 4.69) is 10.3 Å². The summed E-state index contributed by atoms with van der Waals surface area (Å²) in [6.45, 7) is 0. The summed E-state index contributed by atoms with van der Waals surface area (Å²) in [6, 6.07) is 6.24. The number of hydrogen-bond donors (Lipinski definition) is 0. The van der Waals surface area contributed by atoms with Gasteiger partial charge in [0.15, 0.2) is 11.4 Å². The molecular weight excluding hydrogens is 797 g/mol. The zero-order valence-corrected chi connectivity index (χ0v) is 27.7. The third-order valence-corrected chi connectivity index (χ3v) is 4.91. The Morgan fingerprint density at radius 3 is 1.45 bits per heavy atom. The van der Waals surface area contributed by atoms with E-state index >= 15 is 0 Å². The molecule has 1 heterocycles. The number of nitrogens with zero attached hydrogens (tertiary/aromatic N) is 5. The second kappa shape index (κ2) is 10.4. The molecule has 18 heteroatoms. The van der Waals surface area contributed by atoms with E-state index in [4.69, 9.17) is 123 Å². The molecule has 1 aromatic heterocycles. The van der Waals surface area contributed by atoms with E-state index in [0.717, 1.165) is 0 Å². The number of anilines is 1. The molecule has 0 unspecified atom stereocenters. The molecule has 0 spiro atoms. The average Bonchev–Trinajstić information content (AvgIpc) is 2.94. The van der Waals surface area contributed by atoms with E-state index in [1.54, 1.807) is 43.3 Å². The molecule has 3 rings (SSSR count). The van der Waals surface area contributed by atoms with Crippen molar-refractivity contribution < 1.29 is 4.68 Å². The van der Waals surface area contributed by atoms with Gasteiger partial charge in [0.2, 0.25) is 0 Å². The van der Waals surface area contributed by atoms with Gasteiger partial charge in [-0.25, -0.2) is 0 Å². The fourth-order valence-corrected chi connectivity index (χ4v) is 4.20. The Labute approximate surface area is 239 Å². The van der Waals surface area contributed by atoms with Crippen LogP contribution >= 0.6 is 123 Å². The van der Waals surface area contributed by atoms with Crippen molar-refractivity contribution in [2.75, 3.05) is 19.0 Å². The molecule has 0 saturated carbocycles. The fraction of sp³-hybridized carbons (Fsp3) is 0.133. The van der Waals surface area contributed by atoms with Crippen molar-refractivity contribution in [2.24, 2.45) is 0 Å². The topological polar surface area (TPSA) is 37.8 Å². The van der Waals surface area contributed by atoms with Gasteiger partial charge in [-0.3, -0.25) is 4.90 Å². The number of tetrazole rings is 1. The average molecular weight is 807 g/mol. The van der Waals surface area contributed by atoms with E-state index in [1.807, 2.05) is 0 Å². The van der Waals surface area contributed by atoms with Crippen molar-refractivity contribution in [3.8, 4) is 11.4 Å². The molecule has 0 aliphatic rings. The molecule has 0 atom stereocenters. The Hall–Kier alpha value is 1.61. The normalized spacial score (nSPS) is 13.6. The van der Waals surface area contributed by atoms with Gasteiger partial charge in [-0.2, -0.15) is 0 Å². The van der Waals surface area contributed by atoms with Crippen LogP contribution in [0.3, 0.4) is 0 Å². The molecule has 0 amide bonds. The summed E-state index contributed by atoms with van der Waals surface area (Å²) in [5, 5.41) is 10.9. The van der Waals surface area contributed by atoms with Gasteiger partial charge in [-0.1, -0.05) is 74.3 Å². The summed E-state index contributed by atoms with van der Waals surface area (Å²) in [5.74, 6) is 0.443. The van der Waals surface area contributed by atoms with Crippen molar-refractivity contribution >= 4 is 138 Å². The Balaban J connectivity index is 0.000000479. The molecule has 5 nitrogen and oxygen atoms in total. The summed E-state index contributed by atoms with van der Waals surface area (Å²) < 4.78 is 1.47. The first kappa shape index (κ1) is 30.8. The molecule has 0 radical (unpaired) electrons. The maximum atomic E-state index is 6.33. The molecule has 3 aromatic rings. The third-order valence-electron chi connectivity index (χ3n) is 3.32. The van der Waals surface area contributed by atoms with E-state index in [0.29, 0.717) is 47.5 Å². The molecule has 184 valence electrons. The minimum atomic E-state index is -5.42. The van der Waals surface area contributed by atoms with Crippen molar-refractivity contribution in [1.29, 1.82) is 0 Å². The molecule has 0 bridgehead atoms. The predicted octanol–water partition coefficient (Wildman–Crippen LogP) is 9.29. The molecule has 0 fully saturated rings. The van der Waals surface area contributed by atoms with Crippen molar-refractivity contribution in [3.05, 3.63) is 54.4 Å². The summed E-state index contributed by atoms with van der Waals surface area (Å²) in [6.07, 6.45) is 0. The van der Waals surface area contributed by atoms with Gasteiger partial charge in [0, 0.05) is 29.4 Å². The van der Waals surface area contributed by atoms with Gasteiger partial charge in [0.1, 0.15) is 0 Å². The van der Waals surface area contributed by atoms with Crippen LogP contribution < -0.4 is 9.58 Å². The SMILES string of the molecule is CN(C)c1nn(-c2c(Cl)cc(Cl)cc2Cl)n[n+]1-c1c(Cl)cc(Cl)cc1Cl.[Cl][Sb-]([Cl])([Cl])([Cl])([Cl])[Cl]. The van der Waals surface area contributed by atoms with Crippen LogP contribution in [0.25, 0.3) is 11.4 Å². The number of aromatic nitrogens is 4. The summed E-state index contributed by atoms with van der Waals surface area (Å²) in [4.78, 5) is 3.03. The molecule has 0 N–H and O–H groups in total. The van der Waals surface area contributed by atoms with Crippen LogP contribution in [-0.4, -0.2) is 38.3 Å². The Morgan fingerprint density at radius 1 is 0.727 bits per heavy atom. The first-order chi connectivity index (χ1) is 14.6. The molecule has 0 saturated heterocycles. The van der Waals surface area contributed by atoms with Gasteiger partial charge in [-0.15, -0.1) is 0 Å². The van der Waals surface area contributed by atoms with Gasteiger partial charge in [0.25, 0.3) is 0 Å². The predicted molar refractivity (Wildman–Crippen MR) is 148 cm³/mol. The van der Waals surface area contributed by atoms with Gasteiger partial charge >= 0.3 is 68.1 Å². The first-order valence-corrected chi connectivity index (χ1v) is 29.7. The zero-order valence-electron chi connectivity index (χ0n) is 16.0. The Morgan fingerprint density at radius 2 is 1.09 bits per heavy atom. The standard InChI is InChI=1S/C15H10Cl6N5.6ClH.Sb/c1-24(2)15-22-26(14-11(20)5-8(17)6-12(14)21)23-25(15)13-9(18)3-7(16)4-10(13)19;;;;;;;/h3-6H,1-2H3;6*1H;/q+1;;;;;;;+5/p-6.